The van der Waals surface area contributed by atoms with Gasteiger partial charge >= 0.3 is 0 Å². The summed E-state index contributed by atoms with van der Waals surface area (Å²) in [6.07, 6.45) is 5.03. The standard InChI is InChI=1S/C14H23N/c1-4-5-9-14(15-3)11-13-8-6-7-12(2)10-13/h6-8,10,14-15H,4-5,9,11H2,1-3H3. The van der Waals surface area contributed by atoms with Gasteiger partial charge in [0.1, 0.15) is 0 Å². The van der Waals surface area contributed by atoms with E-state index in [9.17, 15) is 0 Å². The SMILES string of the molecule is CCCCC(Cc1cccc(C)c1)NC. The lowest BCUT2D eigenvalue weighted by atomic mass is 10.00. The van der Waals surface area contributed by atoms with E-state index in [2.05, 4.69) is 50.5 Å². The van der Waals surface area contributed by atoms with Crippen molar-refractivity contribution in [2.45, 2.75) is 45.6 Å². The molecule has 84 valence electrons. The molecule has 1 rings (SSSR count). The highest BCUT2D eigenvalue weighted by Gasteiger charge is 2.06. The van der Waals surface area contributed by atoms with Crippen LogP contribution in [0.3, 0.4) is 0 Å². The van der Waals surface area contributed by atoms with Gasteiger partial charge < -0.3 is 5.32 Å². The first kappa shape index (κ1) is 12.3. The van der Waals surface area contributed by atoms with Crippen LogP contribution in [0.5, 0.6) is 0 Å². The number of hydrogen-bond acceptors (Lipinski definition) is 1. The number of likely N-dealkylation sites (N-methyl/N-ethyl adjacent to an activating group) is 1. The van der Waals surface area contributed by atoms with E-state index in [0.29, 0.717) is 6.04 Å². The lowest BCUT2D eigenvalue weighted by Crippen LogP contribution is -2.27. The summed E-state index contributed by atoms with van der Waals surface area (Å²) in [5.74, 6) is 0. The molecule has 0 aliphatic carbocycles. The Bertz CT molecular complexity index is 280. The maximum Gasteiger partial charge on any atom is 0.0104 e. The summed E-state index contributed by atoms with van der Waals surface area (Å²) in [7, 11) is 2.07. The van der Waals surface area contributed by atoms with Crippen LogP contribution in [0.2, 0.25) is 0 Å². The van der Waals surface area contributed by atoms with Crippen molar-refractivity contribution in [3.8, 4) is 0 Å². The van der Waals surface area contributed by atoms with Crippen LogP contribution in [-0.4, -0.2) is 13.1 Å². The lowest BCUT2D eigenvalue weighted by Gasteiger charge is -2.15. The van der Waals surface area contributed by atoms with Crippen molar-refractivity contribution in [1.82, 2.24) is 5.32 Å². The Kier molecular flexibility index (Phi) is 5.41. The molecule has 0 aromatic heterocycles. The third-order valence-electron chi connectivity index (χ3n) is 2.88. The minimum atomic E-state index is 0.631. The van der Waals surface area contributed by atoms with Gasteiger partial charge in [-0.15, -0.1) is 0 Å². The van der Waals surface area contributed by atoms with Gasteiger partial charge in [0.15, 0.2) is 0 Å². The number of aryl methyl sites for hydroxylation is 1. The second-order valence-electron chi connectivity index (χ2n) is 4.32. The summed E-state index contributed by atoms with van der Waals surface area (Å²) in [5, 5.41) is 3.40. The largest absolute Gasteiger partial charge is 0.317 e. The smallest absolute Gasteiger partial charge is 0.0104 e. The topological polar surface area (TPSA) is 12.0 Å². The summed E-state index contributed by atoms with van der Waals surface area (Å²) in [5.41, 5.74) is 2.81. The fourth-order valence-corrected chi connectivity index (χ4v) is 1.92. The predicted molar refractivity (Wildman–Crippen MR) is 67.3 cm³/mol. The van der Waals surface area contributed by atoms with Crippen LogP contribution in [0.4, 0.5) is 0 Å². The van der Waals surface area contributed by atoms with Gasteiger partial charge in [0.2, 0.25) is 0 Å². The number of benzene rings is 1. The fourth-order valence-electron chi connectivity index (χ4n) is 1.92. The average molecular weight is 205 g/mol. The van der Waals surface area contributed by atoms with Gasteiger partial charge in [-0.3, -0.25) is 0 Å². The summed E-state index contributed by atoms with van der Waals surface area (Å²) >= 11 is 0. The maximum absolute atomic E-state index is 3.40. The molecule has 1 nitrogen and oxygen atoms in total. The Morgan fingerprint density at radius 2 is 2.13 bits per heavy atom. The molecule has 15 heavy (non-hydrogen) atoms. The fraction of sp³-hybridized carbons (Fsp3) is 0.571. The van der Waals surface area contributed by atoms with Gasteiger partial charge in [0.25, 0.3) is 0 Å². The van der Waals surface area contributed by atoms with E-state index < -0.39 is 0 Å². The number of rotatable bonds is 6. The molecule has 0 aliphatic rings. The Labute approximate surface area is 93.9 Å². The third kappa shape index (κ3) is 4.48. The van der Waals surface area contributed by atoms with Gasteiger partial charge in [-0.25, -0.2) is 0 Å². The van der Waals surface area contributed by atoms with Crippen LogP contribution < -0.4 is 5.32 Å². The van der Waals surface area contributed by atoms with E-state index in [1.807, 2.05) is 0 Å². The van der Waals surface area contributed by atoms with Crippen molar-refractivity contribution in [1.29, 1.82) is 0 Å². The molecule has 0 bridgehead atoms. The van der Waals surface area contributed by atoms with Crippen molar-refractivity contribution in [2.75, 3.05) is 7.05 Å². The first-order chi connectivity index (χ1) is 7.26. The normalized spacial score (nSPS) is 12.7. The van der Waals surface area contributed by atoms with Crippen molar-refractivity contribution >= 4 is 0 Å². The minimum absolute atomic E-state index is 0.631. The summed E-state index contributed by atoms with van der Waals surface area (Å²) in [6.45, 7) is 4.41. The van der Waals surface area contributed by atoms with Crippen molar-refractivity contribution in [3.05, 3.63) is 35.4 Å². The molecule has 1 aromatic carbocycles. The van der Waals surface area contributed by atoms with Gasteiger partial charge in [-0.2, -0.15) is 0 Å². The van der Waals surface area contributed by atoms with Gasteiger partial charge in [0.05, 0.1) is 0 Å². The zero-order chi connectivity index (χ0) is 11.1. The molecule has 0 fully saturated rings. The van der Waals surface area contributed by atoms with Gasteiger partial charge in [-0.1, -0.05) is 49.6 Å². The second-order valence-corrected chi connectivity index (χ2v) is 4.32. The molecule has 0 spiro atoms. The highest BCUT2D eigenvalue weighted by Crippen LogP contribution is 2.10. The highest BCUT2D eigenvalue weighted by molar-refractivity contribution is 5.22. The molecular formula is C14H23N. The lowest BCUT2D eigenvalue weighted by molar-refractivity contribution is 0.498. The molecule has 0 heterocycles. The predicted octanol–water partition coefficient (Wildman–Crippen LogP) is 3.32. The maximum atomic E-state index is 3.40. The molecule has 1 unspecified atom stereocenters. The van der Waals surface area contributed by atoms with Crippen molar-refractivity contribution < 1.29 is 0 Å². The van der Waals surface area contributed by atoms with Crippen molar-refractivity contribution in [3.63, 3.8) is 0 Å². The number of unbranched alkanes of at least 4 members (excludes halogenated alkanes) is 1. The molecular weight excluding hydrogens is 182 g/mol. The van der Waals surface area contributed by atoms with Gasteiger partial charge in [-0.05, 0) is 32.4 Å². The Balaban J connectivity index is 2.50. The highest BCUT2D eigenvalue weighted by atomic mass is 14.9. The van der Waals surface area contributed by atoms with E-state index >= 15 is 0 Å². The number of hydrogen-bond donors (Lipinski definition) is 1. The summed E-state index contributed by atoms with van der Waals surface area (Å²) < 4.78 is 0. The molecule has 1 atom stereocenters. The Hall–Kier alpha value is -0.820. The quantitative estimate of drug-likeness (QED) is 0.751. The monoisotopic (exact) mass is 205 g/mol. The minimum Gasteiger partial charge on any atom is -0.317 e. The molecule has 0 saturated heterocycles. The Morgan fingerprint density at radius 3 is 2.73 bits per heavy atom. The van der Waals surface area contributed by atoms with E-state index in [-0.39, 0.29) is 0 Å². The summed E-state index contributed by atoms with van der Waals surface area (Å²) in [6, 6.07) is 9.45. The zero-order valence-corrected chi connectivity index (χ0v) is 10.2. The van der Waals surface area contributed by atoms with Crippen molar-refractivity contribution in [2.24, 2.45) is 0 Å². The molecule has 1 heteroatoms. The van der Waals surface area contributed by atoms with Crippen LogP contribution in [0.25, 0.3) is 0 Å². The molecule has 0 aliphatic heterocycles. The first-order valence-electron chi connectivity index (χ1n) is 5.99. The zero-order valence-electron chi connectivity index (χ0n) is 10.2. The second kappa shape index (κ2) is 6.62. The van der Waals surface area contributed by atoms with Crippen LogP contribution in [0, 0.1) is 6.92 Å². The Morgan fingerprint density at radius 1 is 1.33 bits per heavy atom. The van der Waals surface area contributed by atoms with Crippen LogP contribution in [0.1, 0.15) is 37.3 Å². The van der Waals surface area contributed by atoms with Gasteiger partial charge in [0, 0.05) is 6.04 Å². The van der Waals surface area contributed by atoms with E-state index in [1.54, 1.807) is 0 Å². The van der Waals surface area contributed by atoms with E-state index in [4.69, 9.17) is 0 Å². The van der Waals surface area contributed by atoms with E-state index in [0.717, 1.165) is 6.42 Å². The molecule has 0 radical (unpaired) electrons. The van der Waals surface area contributed by atoms with Crippen LogP contribution >= 0.6 is 0 Å². The molecule has 0 saturated carbocycles. The molecule has 1 aromatic rings. The van der Waals surface area contributed by atoms with Crippen LogP contribution in [0.15, 0.2) is 24.3 Å². The molecule has 0 amide bonds. The average Bonchev–Trinajstić information content (AvgIpc) is 2.24. The number of nitrogens with one attached hydrogen (secondary N) is 1. The first-order valence-corrected chi connectivity index (χ1v) is 5.99. The summed E-state index contributed by atoms with van der Waals surface area (Å²) in [4.78, 5) is 0. The van der Waals surface area contributed by atoms with E-state index in [1.165, 1.54) is 30.4 Å². The third-order valence-corrected chi connectivity index (χ3v) is 2.88. The van der Waals surface area contributed by atoms with Crippen LogP contribution in [-0.2, 0) is 6.42 Å². The molecule has 1 N–H and O–H groups in total.